The molecule has 3 aliphatic rings. The minimum atomic E-state index is -0.665. The van der Waals surface area contributed by atoms with E-state index in [1.165, 1.54) is 18.4 Å². The fourth-order valence-corrected chi connectivity index (χ4v) is 4.26. The minimum Gasteiger partial charge on any atom is -0.451 e. The molecule has 4 heteroatoms. The molecule has 0 unspecified atom stereocenters. The van der Waals surface area contributed by atoms with E-state index in [9.17, 15) is 9.59 Å². The number of amides is 1. The monoisotopic (exact) mass is 331 g/mol. The van der Waals surface area contributed by atoms with Crippen molar-refractivity contribution >= 4 is 11.9 Å². The Morgan fingerprint density at radius 3 is 2.75 bits per heavy atom. The Kier molecular flexibility index (Phi) is 5.12. The summed E-state index contributed by atoms with van der Waals surface area (Å²) in [6.07, 6.45) is 11.6. The van der Waals surface area contributed by atoms with Crippen LogP contribution >= 0.6 is 0 Å². The molecule has 0 aromatic carbocycles. The molecule has 4 nitrogen and oxygen atoms in total. The van der Waals surface area contributed by atoms with Gasteiger partial charge in [-0.15, -0.1) is 0 Å². The van der Waals surface area contributed by atoms with Gasteiger partial charge in [0.15, 0.2) is 0 Å². The molecular formula is C20H29NO3. The number of carbonyl (C=O) groups excluding carboxylic acids is 2. The van der Waals surface area contributed by atoms with E-state index in [1.807, 2.05) is 0 Å². The smallest absolute Gasteiger partial charge is 0.335 e. The maximum absolute atomic E-state index is 12.8. The van der Waals surface area contributed by atoms with Gasteiger partial charge in [-0.1, -0.05) is 18.6 Å². The van der Waals surface area contributed by atoms with Crippen LogP contribution in [-0.2, 0) is 14.3 Å². The van der Waals surface area contributed by atoms with Gasteiger partial charge in [0.2, 0.25) is 0 Å². The predicted octanol–water partition coefficient (Wildman–Crippen LogP) is 3.82. The highest BCUT2D eigenvalue weighted by Crippen LogP contribution is 2.45. The molecule has 1 aliphatic heterocycles. The number of rotatable bonds is 4. The van der Waals surface area contributed by atoms with Crippen molar-refractivity contribution in [2.45, 2.75) is 77.2 Å². The molecule has 0 aromatic heterocycles. The van der Waals surface area contributed by atoms with E-state index < -0.39 is 5.60 Å². The molecule has 1 heterocycles. The highest BCUT2D eigenvalue weighted by atomic mass is 16.6. The van der Waals surface area contributed by atoms with Gasteiger partial charge in [0.05, 0.1) is 5.57 Å². The van der Waals surface area contributed by atoms with Crippen molar-refractivity contribution in [2.75, 3.05) is 6.54 Å². The number of hydrogen-bond donors (Lipinski definition) is 1. The first-order valence-electron chi connectivity index (χ1n) is 9.43. The quantitative estimate of drug-likeness (QED) is 0.629. The lowest BCUT2D eigenvalue weighted by Gasteiger charge is -2.36. The van der Waals surface area contributed by atoms with Gasteiger partial charge >= 0.3 is 5.97 Å². The lowest BCUT2D eigenvalue weighted by Crippen LogP contribution is -2.42. The van der Waals surface area contributed by atoms with Crippen molar-refractivity contribution in [3.8, 4) is 0 Å². The number of esters is 1. The van der Waals surface area contributed by atoms with Crippen LogP contribution in [0.1, 0.15) is 71.6 Å². The maximum Gasteiger partial charge on any atom is 0.335 e. The summed E-state index contributed by atoms with van der Waals surface area (Å²) in [7, 11) is 0. The number of carbonyl (C=O) groups is 2. The lowest BCUT2D eigenvalue weighted by molar-refractivity contribution is -0.150. The summed E-state index contributed by atoms with van der Waals surface area (Å²) in [6, 6.07) is 0. The molecule has 1 fully saturated rings. The fraction of sp³-hybridized carbons (Fsp3) is 0.700. The van der Waals surface area contributed by atoms with E-state index in [1.54, 1.807) is 6.92 Å². The van der Waals surface area contributed by atoms with Crippen LogP contribution in [0.15, 0.2) is 22.8 Å². The van der Waals surface area contributed by atoms with Crippen molar-refractivity contribution in [1.82, 2.24) is 5.32 Å². The van der Waals surface area contributed by atoms with Crippen LogP contribution in [0, 0.1) is 5.92 Å². The second-order valence-corrected chi connectivity index (χ2v) is 7.68. The topological polar surface area (TPSA) is 55.4 Å². The first kappa shape index (κ1) is 17.2. The molecule has 1 amide bonds. The van der Waals surface area contributed by atoms with Crippen LogP contribution < -0.4 is 5.32 Å². The van der Waals surface area contributed by atoms with Gasteiger partial charge in [-0.25, -0.2) is 4.79 Å². The summed E-state index contributed by atoms with van der Waals surface area (Å²) in [5.74, 6) is 0.215. The Hall–Kier alpha value is -1.58. The Morgan fingerprint density at radius 1 is 1.33 bits per heavy atom. The molecule has 1 N–H and O–H groups in total. The largest absolute Gasteiger partial charge is 0.451 e. The van der Waals surface area contributed by atoms with E-state index >= 15 is 0 Å². The average molecular weight is 331 g/mol. The fourth-order valence-electron chi connectivity index (χ4n) is 4.26. The second kappa shape index (κ2) is 7.12. The standard InChI is InChI=1S/C20H29NO3/c1-14-8-11-20(12-9-14)17(15(2)19(23)24-20)18(22)21-13-10-16-6-4-3-5-7-16/h6,14H,3-5,7-13H2,1-2H3,(H,21,22). The van der Waals surface area contributed by atoms with Crippen molar-refractivity contribution in [2.24, 2.45) is 5.92 Å². The zero-order chi connectivity index (χ0) is 17.2. The van der Waals surface area contributed by atoms with E-state index in [4.69, 9.17) is 4.74 Å². The molecule has 0 atom stereocenters. The van der Waals surface area contributed by atoms with Crippen LogP contribution in [-0.4, -0.2) is 24.0 Å². The molecule has 3 rings (SSSR count). The van der Waals surface area contributed by atoms with Crippen LogP contribution in [0.25, 0.3) is 0 Å². The average Bonchev–Trinajstić information content (AvgIpc) is 2.82. The van der Waals surface area contributed by atoms with Crippen LogP contribution in [0.5, 0.6) is 0 Å². The van der Waals surface area contributed by atoms with Crippen molar-refractivity contribution < 1.29 is 14.3 Å². The molecular weight excluding hydrogens is 302 g/mol. The number of ether oxygens (including phenoxy) is 1. The van der Waals surface area contributed by atoms with Crippen LogP contribution in [0.2, 0.25) is 0 Å². The van der Waals surface area contributed by atoms with E-state index in [0.29, 0.717) is 23.6 Å². The predicted molar refractivity (Wildman–Crippen MR) is 93.3 cm³/mol. The molecule has 0 radical (unpaired) electrons. The summed E-state index contributed by atoms with van der Waals surface area (Å²) >= 11 is 0. The van der Waals surface area contributed by atoms with Gasteiger partial charge in [0.25, 0.3) is 5.91 Å². The summed E-state index contributed by atoms with van der Waals surface area (Å²) in [5.41, 5.74) is 1.88. The van der Waals surface area contributed by atoms with E-state index in [2.05, 4.69) is 18.3 Å². The van der Waals surface area contributed by atoms with Gasteiger partial charge in [-0.3, -0.25) is 4.79 Å². The first-order valence-corrected chi connectivity index (χ1v) is 9.43. The Bertz CT molecular complexity index is 580. The zero-order valence-electron chi connectivity index (χ0n) is 15.0. The zero-order valence-corrected chi connectivity index (χ0v) is 15.0. The molecule has 1 saturated carbocycles. The van der Waals surface area contributed by atoms with Crippen molar-refractivity contribution in [1.29, 1.82) is 0 Å². The number of allylic oxidation sites excluding steroid dienone is 1. The Labute approximate surface area is 144 Å². The second-order valence-electron chi connectivity index (χ2n) is 7.68. The van der Waals surface area contributed by atoms with Gasteiger partial charge in [0.1, 0.15) is 5.60 Å². The molecule has 24 heavy (non-hydrogen) atoms. The highest BCUT2D eigenvalue weighted by Gasteiger charge is 2.50. The summed E-state index contributed by atoms with van der Waals surface area (Å²) < 4.78 is 5.70. The van der Waals surface area contributed by atoms with Gasteiger partial charge < -0.3 is 10.1 Å². The molecule has 0 bridgehead atoms. The number of hydrogen-bond acceptors (Lipinski definition) is 3. The molecule has 132 valence electrons. The summed E-state index contributed by atoms with van der Waals surface area (Å²) in [4.78, 5) is 24.9. The van der Waals surface area contributed by atoms with Crippen molar-refractivity contribution in [3.05, 3.63) is 22.8 Å². The third kappa shape index (κ3) is 3.42. The normalized spacial score (nSPS) is 30.3. The SMILES string of the molecule is CC1=C(C(=O)NCCC2=CCCCC2)C2(CCC(C)CC2)OC1=O. The van der Waals surface area contributed by atoms with Crippen LogP contribution in [0.3, 0.4) is 0 Å². The van der Waals surface area contributed by atoms with E-state index in [0.717, 1.165) is 44.9 Å². The van der Waals surface area contributed by atoms with Crippen molar-refractivity contribution in [3.63, 3.8) is 0 Å². The third-order valence-electron chi connectivity index (χ3n) is 5.85. The molecule has 0 aromatic rings. The van der Waals surface area contributed by atoms with Crippen LogP contribution in [0.4, 0.5) is 0 Å². The Morgan fingerprint density at radius 2 is 2.08 bits per heavy atom. The lowest BCUT2D eigenvalue weighted by atomic mass is 9.75. The molecule has 0 saturated heterocycles. The third-order valence-corrected chi connectivity index (χ3v) is 5.85. The first-order chi connectivity index (χ1) is 11.5. The maximum atomic E-state index is 12.8. The molecule has 2 aliphatic carbocycles. The van der Waals surface area contributed by atoms with Gasteiger partial charge in [-0.2, -0.15) is 0 Å². The van der Waals surface area contributed by atoms with E-state index in [-0.39, 0.29) is 11.9 Å². The van der Waals surface area contributed by atoms with Gasteiger partial charge in [0, 0.05) is 12.1 Å². The minimum absolute atomic E-state index is 0.107. The summed E-state index contributed by atoms with van der Waals surface area (Å²) in [6.45, 7) is 4.59. The highest BCUT2D eigenvalue weighted by molar-refractivity contribution is 6.07. The summed E-state index contributed by atoms with van der Waals surface area (Å²) in [5, 5.41) is 3.04. The molecule has 1 spiro atoms. The van der Waals surface area contributed by atoms with Gasteiger partial charge in [-0.05, 0) is 70.6 Å². The Balaban J connectivity index is 1.65. The number of nitrogens with one attached hydrogen (secondary N) is 1.